The van der Waals surface area contributed by atoms with Crippen LogP contribution >= 0.6 is 0 Å². The van der Waals surface area contributed by atoms with Gasteiger partial charge in [0.25, 0.3) is 0 Å². The molecular weight excluding hydrogens is 234 g/mol. The summed E-state index contributed by atoms with van der Waals surface area (Å²) in [6.07, 6.45) is 1.38. The van der Waals surface area contributed by atoms with E-state index in [2.05, 4.69) is 0 Å². The molecule has 5 nitrogen and oxygen atoms in total. The van der Waals surface area contributed by atoms with Crippen molar-refractivity contribution >= 4 is 17.6 Å². The first-order chi connectivity index (χ1) is 8.35. The van der Waals surface area contributed by atoms with Crippen molar-refractivity contribution in [3.63, 3.8) is 0 Å². The Labute approximate surface area is 107 Å². The van der Waals surface area contributed by atoms with Gasteiger partial charge in [-0.15, -0.1) is 0 Å². The first-order valence-corrected chi connectivity index (χ1v) is 6.34. The molecular formula is C13H21NO4. The fraction of sp³-hybridized carbons (Fsp3) is 0.769. The van der Waals surface area contributed by atoms with E-state index in [1.165, 1.54) is 0 Å². The number of carbonyl (C=O) groups is 3. The van der Waals surface area contributed by atoms with Crippen LogP contribution in [0, 0.1) is 0 Å². The maximum absolute atomic E-state index is 11.7. The molecule has 1 saturated heterocycles. The highest BCUT2D eigenvalue weighted by molar-refractivity contribution is 6.04. The van der Waals surface area contributed by atoms with Gasteiger partial charge in [-0.2, -0.15) is 0 Å². The lowest BCUT2D eigenvalue weighted by molar-refractivity contribution is -0.142. The Hall–Kier alpha value is -1.23. The van der Waals surface area contributed by atoms with Crippen molar-refractivity contribution in [3.05, 3.63) is 0 Å². The van der Waals surface area contributed by atoms with Gasteiger partial charge < -0.3 is 4.74 Å². The predicted octanol–water partition coefficient (Wildman–Crippen LogP) is 1.30. The highest BCUT2D eigenvalue weighted by Gasteiger charge is 2.30. The summed E-state index contributed by atoms with van der Waals surface area (Å²) >= 11 is 0. The molecule has 1 heterocycles. The Morgan fingerprint density at radius 3 is 2.33 bits per heavy atom. The molecule has 0 aromatic rings. The first-order valence-electron chi connectivity index (χ1n) is 6.34. The summed E-state index contributed by atoms with van der Waals surface area (Å²) in [4.78, 5) is 35.5. The summed E-state index contributed by atoms with van der Waals surface area (Å²) in [5.41, 5.74) is -0.344. The van der Waals surface area contributed by atoms with Gasteiger partial charge in [-0.05, 0) is 27.2 Å². The number of ether oxygens (including phenoxy) is 1. The van der Waals surface area contributed by atoms with Crippen molar-refractivity contribution in [2.75, 3.05) is 13.2 Å². The van der Waals surface area contributed by atoms with Crippen LogP contribution in [0.1, 0.15) is 46.5 Å². The van der Waals surface area contributed by atoms with E-state index in [-0.39, 0.29) is 42.6 Å². The Kier molecular flexibility index (Phi) is 5.02. The van der Waals surface area contributed by atoms with E-state index in [1.807, 2.05) is 20.8 Å². The molecule has 0 N–H and O–H groups in total. The van der Waals surface area contributed by atoms with Gasteiger partial charge in [0.05, 0.1) is 12.1 Å². The number of carbonyl (C=O) groups excluding carboxylic acids is 3. The van der Waals surface area contributed by atoms with E-state index in [0.29, 0.717) is 19.4 Å². The van der Waals surface area contributed by atoms with Crippen LogP contribution in [0.15, 0.2) is 0 Å². The monoisotopic (exact) mass is 255 g/mol. The summed E-state index contributed by atoms with van der Waals surface area (Å²) < 4.78 is 5.49. The summed E-state index contributed by atoms with van der Waals surface area (Å²) in [5, 5.41) is 0. The minimum Gasteiger partial charge on any atom is -0.376 e. The Bertz CT molecular complexity index is 333. The van der Waals surface area contributed by atoms with Gasteiger partial charge in [-0.1, -0.05) is 0 Å². The summed E-state index contributed by atoms with van der Waals surface area (Å²) in [6, 6.07) is 0. The van der Waals surface area contributed by atoms with Gasteiger partial charge in [0, 0.05) is 25.9 Å². The number of imide groups is 1. The molecule has 1 rings (SSSR count). The highest BCUT2D eigenvalue weighted by atomic mass is 16.5. The van der Waals surface area contributed by atoms with E-state index >= 15 is 0 Å². The van der Waals surface area contributed by atoms with Gasteiger partial charge in [0.1, 0.15) is 0 Å². The van der Waals surface area contributed by atoms with Gasteiger partial charge in [0.15, 0.2) is 5.78 Å². The van der Waals surface area contributed by atoms with Crippen LogP contribution in [-0.2, 0) is 19.1 Å². The molecule has 0 aromatic carbocycles. The smallest absolute Gasteiger partial charge is 0.230 e. The maximum atomic E-state index is 11.7. The zero-order valence-electron chi connectivity index (χ0n) is 11.3. The topological polar surface area (TPSA) is 63.7 Å². The maximum Gasteiger partial charge on any atom is 0.230 e. The highest BCUT2D eigenvalue weighted by Crippen LogP contribution is 2.18. The average Bonchev–Trinajstić information content (AvgIpc) is 2.58. The fourth-order valence-corrected chi connectivity index (χ4v) is 1.96. The Morgan fingerprint density at radius 2 is 1.83 bits per heavy atom. The normalized spacial score (nSPS) is 16.5. The molecule has 0 unspecified atom stereocenters. The summed E-state index contributed by atoms with van der Waals surface area (Å²) in [6.45, 7) is 6.28. The summed E-state index contributed by atoms with van der Waals surface area (Å²) in [5.74, 6) is -0.568. The van der Waals surface area contributed by atoms with Crippen LogP contribution in [0.5, 0.6) is 0 Å². The van der Waals surface area contributed by atoms with Crippen molar-refractivity contribution in [2.45, 2.75) is 52.1 Å². The number of hydrogen-bond donors (Lipinski definition) is 0. The molecule has 0 atom stereocenters. The van der Waals surface area contributed by atoms with E-state index in [4.69, 9.17) is 4.74 Å². The summed E-state index contributed by atoms with van der Waals surface area (Å²) in [7, 11) is 0. The number of ketones is 1. The van der Waals surface area contributed by atoms with Crippen LogP contribution in [-0.4, -0.2) is 41.3 Å². The lowest BCUT2D eigenvalue weighted by Gasteiger charge is -2.24. The number of Topliss-reactive ketones (excluding diaryl/α,β-unsaturated/α-hetero) is 1. The van der Waals surface area contributed by atoms with Crippen LogP contribution in [0.3, 0.4) is 0 Å². The van der Waals surface area contributed by atoms with Gasteiger partial charge in [-0.3, -0.25) is 19.3 Å². The molecule has 2 amide bonds. The first kappa shape index (κ1) is 14.8. The minimum absolute atomic E-state index is 0.0835. The van der Waals surface area contributed by atoms with Crippen LogP contribution < -0.4 is 0 Å². The molecule has 18 heavy (non-hydrogen) atoms. The number of amides is 2. The third-order valence-corrected chi connectivity index (χ3v) is 3.03. The van der Waals surface area contributed by atoms with E-state index in [0.717, 1.165) is 4.90 Å². The molecule has 0 spiro atoms. The third kappa shape index (κ3) is 4.22. The van der Waals surface area contributed by atoms with E-state index < -0.39 is 0 Å². The SMILES string of the molecule is CCOC(C)(C)CCC(=O)CN1C(=O)CCC1=O. The average molecular weight is 255 g/mol. The van der Waals surface area contributed by atoms with Crippen molar-refractivity contribution < 1.29 is 19.1 Å². The molecule has 0 bridgehead atoms. The second-order valence-electron chi connectivity index (χ2n) is 5.11. The van der Waals surface area contributed by atoms with Crippen LogP contribution in [0.2, 0.25) is 0 Å². The fourth-order valence-electron chi connectivity index (χ4n) is 1.96. The number of nitrogens with zero attached hydrogens (tertiary/aromatic N) is 1. The minimum atomic E-state index is -0.344. The number of likely N-dealkylation sites (tertiary alicyclic amines) is 1. The van der Waals surface area contributed by atoms with E-state index in [9.17, 15) is 14.4 Å². The quantitative estimate of drug-likeness (QED) is 0.643. The second kappa shape index (κ2) is 6.09. The lowest BCUT2D eigenvalue weighted by atomic mass is 10.0. The molecule has 0 aliphatic carbocycles. The lowest BCUT2D eigenvalue weighted by Crippen LogP contribution is -2.35. The van der Waals surface area contributed by atoms with Crippen molar-refractivity contribution in [1.29, 1.82) is 0 Å². The molecule has 0 aromatic heterocycles. The molecule has 102 valence electrons. The van der Waals surface area contributed by atoms with Crippen molar-refractivity contribution in [3.8, 4) is 0 Å². The third-order valence-electron chi connectivity index (χ3n) is 3.03. The second-order valence-corrected chi connectivity index (χ2v) is 5.11. The molecule has 5 heteroatoms. The molecule has 1 aliphatic heterocycles. The van der Waals surface area contributed by atoms with Crippen molar-refractivity contribution in [2.24, 2.45) is 0 Å². The van der Waals surface area contributed by atoms with E-state index in [1.54, 1.807) is 0 Å². The largest absolute Gasteiger partial charge is 0.376 e. The molecule has 1 aliphatic rings. The Balaban J connectivity index is 2.38. The van der Waals surface area contributed by atoms with Crippen LogP contribution in [0.4, 0.5) is 0 Å². The molecule has 0 saturated carbocycles. The molecule has 1 fully saturated rings. The van der Waals surface area contributed by atoms with Crippen LogP contribution in [0.25, 0.3) is 0 Å². The number of hydrogen-bond acceptors (Lipinski definition) is 4. The van der Waals surface area contributed by atoms with Gasteiger partial charge in [-0.25, -0.2) is 0 Å². The Morgan fingerprint density at radius 1 is 1.28 bits per heavy atom. The van der Waals surface area contributed by atoms with Gasteiger partial charge >= 0.3 is 0 Å². The molecule has 0 radical (unpaired) electrons. The zero-order chi connectivity index (χ0) is 13.8. The standard InChI is InChI=1S/C13H21NO4/c1-4-18-13(2,3)8-7-10(15)9-14-11(16)5-6-12(14)17/h4-9H2,1-3H3. The zero-order valence-corrected chi connectivity index (χ0v) is 11.3. The van der Waals surface area contributed by atoms with Gasteiger partial charge in [0.2, 0.25) is 11.8 Å². The van der Waals surface area contributed by atoms with Crippen molar-refractivity contribution in [1.82, 2.24) is 4.90 Å². The number of rotatable bonds is 7. The predicted molar refractivity (Wildman–Crippen MR) is 65.9 cm³/mol.